The van der Waals surface area contributed by atoms with Crippen molar-refractivity contribution in [2.45, 2.75) is 39.5 Å². The molecule has 0 saturated heterocycles. The first-order valence-corrected chi connectivity index (χ1v) is 5.46. The monoisotopic (exact) mass is 222 g/mol. The van der Waals surface area contributed by atoms with Gasteiger partial charge in [-0.15, -0.1) is 0 Å². The van der Waals surface area contributed by atoms with Gasteiger partial charge in [0.1, 0.15) is 5.75 Å². The molecule has 3 heteroatoms. The zero-order valence-electron chi connectivity index (χ0n) is 9.95. The van der Waals surface area contributed by atoms with E-state index in [0.717, 1.165) is 16.7 Å². The van der Waals surface area contributed by atoms with E-state index < -0.39 is 5.97 Å². The highest BCUT2D eigenvalue weighted by Gasteiger charge is 2.13. The number of rotatable bonds is 4. The third-order valence-corrected chi connectivity index (χ3v) is 2.76. The lowest BCUT2D eigenvalue weighted by Gasteiger charge is -2.14. The maximum absolute atomic E-state index is 10.5. The van der Waals surface area contributed by atoms with Crippen LogP contribution >= 0.6 is 0 Å². The normalized spacial score (nSPS) is 10.8. The minimum atomic E-state index is -0.839. The number of carboxylic acids is 1. The Balaban J connectivity index is 3.06. The molecule has 0 unspecified atom stereocenters. The number of hydrogen-bond donors (Lipinski definition) is 2. The van der Waals surface area contributed by atoms with Gasteiger partial charge in [-0.05, 0) is 36.0 Å². The molecule has 0 atom stereocenters. The van der Waals surface area contributed by atoms with Gasteiger partial charge in [0.25, 0.3) is 0 Å². The fraction of sp³-hybridized carbons (Fsp3) is 0.462. The van der Waals surface area contributed by atoms with Crippen LogP contribution in [0.25, 0.3) is 0 Å². The first kappa shape index (κ1) is 12.6. The maximum Gasteiger partial charge on any atom is 0.303 e. The van der Waals surface area contributed by atoms with Crippen molar-refractivity contribution in [3.8, 4) is 5.75 Å². The van der Waals surface area contributed by atoms with Crippen molar-refractivity contribution in [1.29, 1.82) is 0 Å². The number of aryl methyl sites for hydroxylation is 1. The fourth-order valence-corrected chi connectivity index (χ4v) is 1.77. The van der Waals surface area contributed by atoms with Crippen LogP contribution in [0.2, 0.25) is 0 Å². The molecule has 0 aliphatic carbocycles. The molecular weight excluding hydrogens is 204 g/mol. The Labute approximate surface area is 95.7 Å². The molecule has 3 nitrogen and oxygen atoms in total. The van der Waals surface area contributed by atoms with Crippen LogP contribution < -0.4 is 0 Å². The molecule has 1 aromatic carbocycles. The predicted octanol–water partition coefficient (Wildman–Crippen LogP) is 2.84. The zero-order valence-corrected chi connectivity index (χ0v) is 9.95. The first-order chi connectivity index (χ1) is 7.43. The minimum Gasteiger partial charge on any atom is -0.507 e. The molecule has 0 aliphatic heterocycles. The van der Waals surface area contributed by atoms with Crippen LogP contribution in [0.15, 0.2) is 12.1 Å². The lowest BCUT2D eigenvalue weighted by Crippen LogP contribution is -2.01. The molecule has 0 heterocycles. The molecule has 0 bridgehead atoms. The second kappa shape index (κ2) is 5.01. The second-order valence-corrected chi connectivity index (χ2v) is 4.35. The summed E-state index contributed by atoms with van der Waals surface area (Å²) in [7, 11) is 0. The highest BCUT2D eigenvalue weighted by molar-refractivity contribution is 5.67. The van der Waals surface area contributed by atoms with Crippen molar-refractivity contribution in [2.24, 2.45) is 0 Å². The predicted molar refractivity (Wildman–Crippen MR) is 62.9 cm³/mol. The lowest BCUT2D eigenvalue weighted by molar-refractivity contribution is -0.136. The average molecular weight is 222 g/mol. The molecule has 16 heavy (non-hydrogen) atoms. The summed E-state index contributed by atoms with van der Waals surface area (Å²) in [6.45, 7) is 5.90. The van der Waals surface area contributed by atoms with E-state index in [-0.39, 0.29) is 18.1 Å². The number of carboxylic acid groups (broad SMARTS) is 1. The van der Waals surface area contributed by atoms with E-state index in [2.05, 4.69) is 0 Å². The van der Waals surface area contributed by atoms with Crippen LogP contribution in [-0.4, -0.2) is 16.2 Å². The van der Waals surface area contributed by atoms with E-state index in [1.807, 2.05) is 32.9 Å². The van der Waals surface area contributed by atoms with Crippen molar-refractivity contribution in [2.75, 3.05) is 0 Å². The molecule has 2 N–H and O–H groups in total. The van der Waals surface area contributed by atoms with Gasteiger partial charge in [0.2, 0.25) is 0 Å². The van der Waals surface area contributed by atoms with Gasteiger partial charge in [-0.25, -0.2) is 0 Å². The summed E-state index contributed by atoms with van der Waals surface area (Å²) in [6, 6.07) is 3.84. The van der Waals surface area contributed by atoms with Crippen LogP contribution in [0.3, 0.4) is 0 Å². The Kier molecular flexibility index (Phi) is 3.93. The lowest BCUT2D eigenvalue weighted by atomic mass is 9.94. The summed E-state index contributed by atoms with van der Waals surface area (Å²) < 4.78 is 0. The van der Waals surface area contributed by atoms with E-state index in [9.17, 15) is 9.90 Å². The van der Waals surface area contributed by atoms with Gasteiger partial charge in [0.15, 0.2) is 0 Å². The van der Waals surface area contributed by atoms with Gasteiger partial charge in [-0.1, -0.05) is 26.0 Å². The summed E-state index contributed by atoms with van der Waals surface area (Å²) in [6.07, 6.45) is 0.434. The van der Waals surface area contributed by atoms with Crippen molar-refractivity contribution in [1.82, 2.24) is 0 Å². The molecule has 88 valence electrons. The van der Waals surface area contributed by atoms with Gasteiger partial charge in [0, 0.05) is 6.42 Å². The van der Waals surface area contributed by atoms with Crippen LogP contribution in [0.1, 0.15) is 42.9 Å². The van der Waals surface area contributed by atoms with Crippen LogP contribution in [0, 0.1) is 6.92 Å². The van der Waals surface area contributed by atoms with Crippen LogP contribution in [-0.2, 0) is 11.2 Å². The van der Waals surface area contributed by atoms with Crippen molar-refractivity contribution in [3.05, 3.63) is 28.8 Å². The molecule has 1 aromatic rings. The van der Waals surface area contributed by atoms with E-state index in [1.165, 1.54) is 0 Å². The topological polar surface area (TPSA) is 57.5 Å². The van der Waals surface area contributed by atoms with Crippen LogP contribution in [0.5, 0.6) is 5.75 Å². The number of hydrogen-bond acceptors (Lipinski definition) is 2. The Bertz CT molecular complexity index is 394. The van der Waals surface area contributed by atoms with Crippen molar-refractivity contribution in [3.63, 3.8) is 0 Å². The molecule has 1 rings (SSSR count). The number of phenols is 1. The standard InChI is InChI=1S/C13H18O3/c1-8(2)10-5-4-9(3)11(13(10)16)6-7-12(14)15/h4-5,8,16H,6-7H2,1-3H3,(H,14,15). The van der Waals surface area contributed by atoms with Gasteiger partial charge in [-0.3, -0.25) is 4.79 Å². The molecule has 0 aliphatic rings. The van der Waals surface area contributed by atoms with Crippen LogP contribution in [0.4, 0.5) is 0 Å². The number of aliphatic carboxylic acids is 1. The van der Waals surface area contributed by atoms with Crippen molar-refractivity contribution >= 4 is 5.97 Å². The summed E-state index contributed by atoms with van der Waals surface area (Å²) in [5, 5.41) is 18.7. The first-order valence-electron chi connectivity index (χ1n) is 5.46. The molecule has 0 radical (unpaired) electrons. The van der Waals surface area contributed by atoms with Gasteiger partial charge < -0.3 is 10.2 Å². The summed E-state index contributed by atoms with van der Waals surface area (Å²) in [4.78, 5) is 10.5. The molecule has 0 fully saturated rings. The molecular formula is C13H18O3. The highest BCUT2D eigenvalue weighted by Crippen LogP contribution is 2.31. The smallest absolute Gasteiger partial charge is 0.303 e. The molecule has 0 aromatic heterocycles. The third kappa shape index (κ3) is 2.75. The average Bonchev–Trinajstić information content (AvgIpc) is 2.16. The van der Waals surface area contributed by atoms with E-state index in [4.69, 9.17) is 5.11 Å². The quantitative estimate of drug-likeness (QED) is 0.823. The molecule has 0 spiro atoms. The highest BCUT2D eigenvalue weighted by atomic mass is 16.4. The van der Waals surface area contributed by atoms with E-state index >= 15 is 0 Å². The summed E-state index contributed by atoms with van der Waals surface area (Å²) >= 11 is 0. The van der Waals surface area contributed by atoms with Crippen molar-refractivity contribution < 1.29 is 15.0 Å². The number of aromatic hydroxyl groups is 1. The Hall–Kier alpha value is -1.51. The van der Waals surface area contributed by atoms with E-state index in [1.54, 1.807) is 0 Å². The summed E-state index contributed by atoms with van der Waals surface area (Å²) in [5.41, 5.74) is 2.59. The fourth-order valence-electron chi connectivity index (χ4n) is 1.77. The second-order valence-electron chi connectivity index (χ2n) is 4.35. The van der Waals surface area contributed by atoms with E-state index in [0.29, 0.717) is 6.42 Å². The Morgan fingerprint density at radius 3 is 2.50 bits per heavy atom. The number of phenolic OH excluding ortho intramolecular Hbond substituents is 1. The number of carbonyl (C=O) groups is 1. The van der Waals surface area contributed by atoms with Gasteiger partial charge >= 0.3 is 5.97 Å². The Morgan fingerprint density at radius 1 is 1.38 bits per heavy atom. The van der Waals surface area contributed by atoms with Gasteiger partial charge in [0.05, 0.1) is 0 Å². The molecule has 0 saturated carbocycles. The summed E-state index contributed by atoms with van der Waals surface area (Å²) in [5.74, 6) is -0.339. The largest absolute Gasteiger partial charge is 0.507 e. The molecule has 0 amide bonds. The van der Waals surface area contributed by atoms with Gasteiger partial charge in [-0.2, -0.15) is 0 Å². The maximum atomic E-state index is 10.5. The minimum absolute atomic E-state index is 0.0515. The number of benzene rings is 1. The Morgan fingerprint density at radius 2 is 2.00 bits per heavy atom. The SMILES string of the molecule is Cc1ccc(C(C)C)c(O)c1CCC(=O)O. The zero-order chi connectivity index (χ0) is 12.3. The third-order valence-electron chi connectivity index (χ3n) is 2.76.